The smallest absolute Gasteiger partial charge is 0.243 e. The monoisotopic (exact) mass is 237 g/mol. The molecule has 3 rings (SSSR count). The van der Waals surface area contributed by atoms with Crippen LogP contribution in [0.5, 0.6) is 0 Å². The standard InChI is InChI=1S/C12H19N3O2/c1-2-6-13-10(5-1)12-14-11(15-17-12)8-9-4-3-7-16-9/h9-10,13H,1-8H2/t9?,10-/m1/s1. The molecule has 5 nitrogen and oxygen atoms in total. The van der Waals surface area contributed by atoms with Crippen molar-refractivity contribution in [1.82, 2.24) is 15.5 Å². The molecule has 1 aromatic rings. The van der Waals surface area contributed by atoms with E-state index in [1.165, 1.54) is 12.8 Å². The van der Waals surface area contributed by atoms with Gasteiger partial charge in [0.2, 0.25) is 5.89 Å². The van der Waals surface area contributed by atoms with E-state index in [1.54, 1.807) is 0 Å². The Morgan fingerprint density at radius 1 is 1.24 bits per heavy atom. The molecule has 1 N–H and O–H groups in total. The van der Waals surface area contributed by atoms with E-state index in [2.05, 4.69) is 15.5 Å². The fraction of sp³-hybridized carbons (Fsp3) is 0.833. The second-order valence-electron chi connectivity index (χ2n) is 4.89. The molecule has 2 aliphatic heterocycles. The van der Waals surface area contributed by atoms with Crippen molar-refractivity contribution < 1.29 is 9.26 Å². The van der Waals surface area contributed by atoms with Crippen LogP contribution in [0.15, 0.2) is 4.52 Å². The normalized spacial score (nSPS) is 29.6. The lowest BCUT2D eigenvalue weighted by Crippen LogP contribution is -2.27. The first-order chi connectivity index (χ1) is 8.42. The van der Waals surface area contributed by atoms with E-state index in [0.29, 0.717) is 6.10 Å². The van der Waals surface area contributed by atoms with Crippen LogP contribution in [0.1, 0.15) is 49.9 Å². The van der Waals surface area contributed by atoms with Gasteiger partial charge in [-0.25, -0.2) is 0 Å². The summed E-state index contributed by atoms with van der Waals surface area (Å²) >= 11 is 0. The average Bonchev–Trinajstić information content (AvgIpc) is 3.02. The van der Waals surface area contributed by atoms with Gasteiger partial charge in [-0.1, -0.05) is 11.6 Å². The Kier molecular flexibility index (Phi) is 3.38. The largest absolute Gasteiger partial charge is 0.378 e. The highest BCUT2D eigenvalue weighted by Gasteiger charge is 2.23. The van der Waals surface area contributed by atoms with Gasteiger partial charge in [0.05, 0.1) is 12.1 Å². The topological polar surface area (TPSA) is 60.2 Å². The highest BCUT2D eigenvalue weighted by molar-refractivity contribution is 4.95. The Bertz CT molecular complexity index is 354. The average molecular weight is 237 g/mol. The number of hydrogen-bond donors (Lipinski definition) is 1. The van der Waals surface area contributed by atoms with Crippen LogP contribution >= 0.6 is 0 Å². The van der Waals surface area contributed by atoms with E-state index in [9.17, 15) is 0 Å². The van der Waals surface area contributed by atoms with Gasteiger partial charge in [-0.15, -0.1) is 0 Å². The first kappa shape index (κ1) is 11.2. The molecule has 0 spiro atoms. The predicted molar refractivity (Wildman–Crippen MR) is 61.6 cm³/mol. The Balaban J connectivity index is 1.60. The van der Waals surface area contributed by atoms with Gasteiger partial charge in [-0.2, -0.15) is 4.98 Å². The lowest BCUT2D eigenvalue weighted by atomic mass is 10.1. The Morgan fingerprint density at radius 3 is 3.00 bits per heavy atom. The van der Waals surface area contributed by atoms with Gasteiger partial charge in [-0.05, 0) is 32.2 Å². The zero-order chi connectivity index (χ0) is 11.5. The molecule has 5 heteroatoms. The van der Waals surface area contributed by atoms with Crippen molar-refractivity contribution in [2.24, 2.45) is 0 Å². The van der Waals surface area contributed by atoms with Gasteiger partial charge < -0.3 is 14.6 Å². The van der Waals surface area contributed by atoms with Crippen LogP contribution in [0.2, 0.25) is 0 Å². The lowest BCUT2D eigenvalue weighted by molar-refractivity contribution is 0.109. The summed E-state index contributed by atoms with van der Waals surface area (Å²) in [5, 5.41) is 7.46. The van der Waals surface area contributed by atoms with Gasteiger partial charge in [0.1, 0.15) is 0 Å². The molecule has 94 valence electrons. The lowest BCUT2D eigenvalue weighted by Gasteiger charge is -2.19. The summed E-state index contributed by atoms with van der Waals surface area (Å²) in [5.74, 6) is 1.54. The summed E-state index contributed by atoms with van der Waals surface area (Å²) in [4.78, 5) is 4.48. The second-order valence-corrected chi connectivity index (χ2v) is 4.89. The maximum Gasteiger partial charge on any atom is 0.243 e. The van der Waals surface area contributed by atoms with Crippen LogP contribution in [-0.4, -0.2) is 29.4 Å². The number of nitrogens with zero attached hydrogens (tertiary/aromatic N) is 2. The molecule has 2 atom stereocenters. The minimum absolute atomic E-state index is 0.259. The van der Waals surface area contributed by atoms with E-state index in [1.807, 2.05) is 0 Å². The third-order valence-corrected chi connectivity index (χ3v) is 3.53. The number of hydrogen-bond acceptors (Lipinski definition) is 5. The molecule has 0 bridgehead atoms. The fourth-order valence-electron chi connectivity index (χ4n) is 2.56. The zero-order valence-electron chi connectivity index (χ0n) is 10.0. The second kappa shape index (κ2) is 5.14. The van der Waals surface area contributed by atoms with Crippen LogP contribution < -0.4 is 5.32 Å². The predicted octanol–water partition coefficient (Wildman–Crippen LogP) is 1.61. The first-order valence-corrected chi connectivity index (χ1v) is 6.59. The molecular formula is C12H19N3O2. The van der Waals surface area contributed by atoms with Crippen molar-refractivity contribution in [2.75, 3.05) is 13.2 Å². The van der Waals surface area contributed by atoms with Crippen molar-refractivity contribution in [3.05, 3.63) is 11.7 Å². The molecule has 0 saturated carbocycles. The number of nitrogens with one attached hydrogen (secondary N) is 1. The summed E-state index contributed by atoms with van der Waals surface area (Å²) in [6.07, 6.45) is 6.93. The van der Waals surface area contributed by atoms with E-state index in [0.717, 1.165) is 50.6 Å². The maximum atomic E-state index is 5.57. The van der Waals surface area contributed by atoms with Gasteiger partial charge in [-0.3, -0.25) is 0 Å². The van der Waals surface area contributed by atoms with E-state index in [4.69, 9.17) is 9.26 Å². The van der Waals surface area contributed by atoms with Crippen molar-refractivity contribution in [3.63, 3.8) is 0 Å². The maximum absolute atomic E-state index is 5.57. The van der Waals surface area contributed by atoms with Crippen LogP contribution in [0.3, 0.4) is 0 Å². The Labute approximate surface area is 101 Å². The Hall–Kier alpha value is -0.940. The molecule has 3 heterocycles. The molecule has 1 aromatic heterocycles. The SMILES string of the molecule is C1CC[C@H](c2nc(CC3CCCO3)no2)NC1. The third kappa shape index (κ3) is 2.66. The highest BCUT2D eigenvalue weighted by atomic mass is 16.5. The number of piperidine rings is 1. The van der Waals surface area contributed by atoms with Gasteiger partial charge in [0.15, 0.2) is 5.82 Å². The molecule has 1 unspecified atom stereocenters. The molecule has 0 aliphatic carbocycles. The number of ether oxygens (including phenoxy) is 1. The highest BCUT2D eigenvalue weighted by Crippen LogP contribution is 2.22. The van der Waals surface area contributed by atoms with Crippen LogP contribution in [-0.2, 0) is 11.2 Å². The zero-order valence-corrected chi connectivity index (χ0v) is 10.0. The third-order valence-electron chi connectivity index (χ3n) is 3.53. The summed E-state index contributed by atoms with van der Waals surface area (Å²) < 4.78 is 10.9. The minimum Gasteiger partial charge on any atom is -0.378 e. The van der Waals surface area contributed by atoms with Crippen molar-refractivity contribution in [2.45, 2.75) is 50.7 Å². The summed E-state index contributed by atoms with van der Waals surface area (Å²) in [6.45, 7) is 1.92. The van der Waals surface area contributed by atoms with Crippen LogP contribution in [0, 0.1) is 0 Å². The fourth-order valence-corrected chi connectivity index (χ4v) is 2.56. The number of rotatable bonds is 3. The molecule has 0 amide bonds. The molecular weight excluding hydrogens is 218 g/mol. The van der Waals surface area contributed by atoms with Gasteiger partial charge in [0, 0.05) is 13.0 Å². The quantitative estimate of drug-likeness (QED) is 0.865. The van der Waals surface area contributed by atoms with E-state index in [-0.39, 0.29) is 6.04 Å². The van der Waals surface area contributed by atoms with Gasteiger partial charge in [0.25, 0.3) is 0 Å². The Morgan fingerprint density at radius 2 is 2.24 bits per heavy atom. The molecule has 0 aromatic carbocycles. The van der Waals surface area contributed by atoms with Crippen molar-refractivity contribution in [1.29, 1.82) is 0 Å². The minimum atomic E-state index is 0.259. The van der Waals surface area contributed by atoms with Crippen molar-refractivity contribution in [3.8, 4) is 0 Å². The van der Waals surface area contributed by atoms with Crippen LogP contribution in [0.25, 0.3) is 0 Å². The summed E-state index contributed by atoms with van der Waals surface area (Å²) in [5.41, 5.74) is 0. The summed E-state index contributed by atoms with van der Waals surface area (Å²) in [6, 6.07) is 0.259. The molecule has 2 saturated heterocycles. The first-order valence-electron chi connectivity index (χ1n) is 6.59. The number of aromatic nitrogens is 2. The van der Waals surface area contributed by atoms with Crippen LogP contribution in [0.4, 0.5) is 0 Å². The van der Waals surface area contributed by atoms with E-state index >= 15 is 0 Å². The van der Waals surface area contributed by atoms with E-state index < -0.39 is 0 Å². The molecule has 17 heavy (non-hydrogen) atoms. The molecule has 2 aliphatic rings. The summed E-state index contributed by atoms with van der Waals surface area (Å²) in [7, 11) is 0. The molecule has 2 fully saturated rings. The van der Waals surface area contributed by atoms with Gasteiger partial charge >= 0.3 is 0 Å². The molecule has 0 radical (unpaired) electrons. The van der Waals surface area contributed by atoms with Crippen molar-refractivity contribution >= 4 is 0 Å².